The topological polar surface area (TPSA) is 164 Å². The van der Waals surface area contributed by atoms with Crippen molar-refractivity contribution in [1.82, 2.24) is 5.32 Å². The number of hydrogen-bond acceptors (Lipinski definition) is 10. The minimum atomic E-state index is -0.525. The first-order valence-electron chi connectivity index (χ1n) is 17.2. The Morgan fingerprint density at radius 1 is 0.648 bits per heavy atom. The molecule has 0 fully saturated rings. The Morgan fingerprint density at radius 3 is 1.76 bits per heavy atom. The molecule has 5 rings (SSSR count). The van der Waals surface area contributed by atoms with E-state index < -0.39 is 17.8 Å². The highest BCUT2D eigenvalue weighted by Crippen LogP contribution is 2.35. The molecule has 0 radical (unpaired) electrons. The number of nitrogens with one attached hydrogen (secondary N) is 1. The van der Waals surface area contributed by atoms with Gasteiger partial charge in [0.05, 0.1) is 24.5 Å². The van der Waals surface area contributed by atoms with Gasteiger partial charge >= 0.3 is 12.1 Å². The first-order chi connectivity index (χ1) is 26.1. The van der Waals surface area contributed by atoms with E-state index in [9.17, 15) is 29.4 Å². The smallest absolute Gasteiger partial charge is 0.407 e. The second-order valence-electron chi connectivity index (χ2n) is 11.9. The molecule has 0 aromatic heterocycles. The maximum atomic E-state index is 12.7. The zero-order chi connectivity index (χ0) is 38.7. The first kappa shape index (κ1) is 39.9. The molecule has 54 heavy (non-hydrogen) atoms. The van der Waals surface area contributed by atoms with E-state index in [1.165, 1.54) is 6.07 Å². The molecule has 5 aromatic rings. The molecular formula is C43H41N3O8. The van der Waals surface area contributed by atoms with Gasteiger partial charge in [-0.05, 0) is 43.5 Å². The molecule has 276 valence electrons. The van der Waals surface area contributed by atoms with Gasteiger partial charge in [0.2, 0.25) is 0 Å². The molecule has 0 unspecified atom stereocenters. The summed E-state index contributed by atoms with van der Waals surface area (Å²) >= 11 is 0. The minimum absolute atomic E-state index is 0.00132. The Morgan fingerprint density at radius 2 is 1.20 bits per heavy atom. The molecule has 0 aliphatic carbocycles. The van der Waals surface area contributed by atoms with Crippen LogP contribution in [0.1, 0.15) is 57.2 Å². The number of amides is 1. The lowest BCUT2D eigenvalue weighted by Crippen LogP contribution is -2.26. The average molecular weight is 728 g/mol. The molecule has 0 saturated carbocycles. The highest BCUT2D eigenvalue weighted by molar-refractivity contribution is 6.11. The second-order valence-corrected chi connectivity index (χ2v) is 11.9. The van der Waals surface area contributed by atoms with Gasteiger partial charge in [-0.15, -0.1) is 5.11 Å². The fourth-order valence-electron chi connectivity index (χ4n) is 4.78. The number of ketones is 2. The van der Waals surface area contributed by atoms with Crippen molar-refractivity contribution in [1.29, 1.82) is 0 Å². The van der Waals surface area contributed by atoms with Gasteiger partial charge in [-0.2, -0.15) is 5.11 Å². The predicted molar refractivity (Wildman–Crippen MR) is 205 cm³/mol. The van der Waals surface area contributed by atoms with Gasteiger partial charge in [0.25, 0.3) is 0 Å². The van der Waals surface area contributed by atoms with Gasteiger partial charge in [0, 0.05) is 41.3 Å². The molecule has 0 bridgehead atoms. The number of esters is 1. The van der Waals surface area contributed by atoms with E-state index in [0.717, 1.165) is 22.8 Å². The van der Waals surface area contributed by atoms with E-state index in [1.54, 1.807) is 49.4 Å². The number of carbonyl (C=O) groups excluding carboxylic acids is 4. The van der Waals surface area contributed by atoms with Crippen molar-refractivity contribution in [3.63, 3.8) is 0 Å². The van der Waals surface area contributed by atoms with Gasteiger partial charge in [0.15, 0.2) is 11.6 Å². The molecule has 0 spiro atoms. The van der Waals surface area contributed by atoms with Gasteiger partial charge in [-0.3, -0.25) is 9.59 Å². The molecule has 0 aliphatic rings. The summed E-state index contributed by atoms with van der Waals surface area (Å²) in [5, 5.41) is 31.1. The van der Waals surface area contributed by atoms with Crippen molar-refractivity contribution in [2.75, 3.05) is 19.8 Å². The molecule has 11 heteroatoms. The third-order valence-electron chi connectivity index (χ3n) is 7.70. The van der Waals surface area contributed by atoms with Crippen LogP contribution in [0.25, 0.3) is 0 Å². The summed E-state index contributed by atoms with van der Waals surface area (Å²) in [6.45, 7) is 5.94. The highest BCUT2D eigenvalue weighted by Gasteiger charge is 2.17. The van der Waals surface area contributed by atoms with Crippen LogP contribution >= 0.6 is 0 Å². The molecule has 5 aromatic carbocycles. The predicted octanol–water partition coefficient (Wildman–Crippen LogP) is 8.83. The Bertz CT molecular complexity index is 2010. The molecule has 11 nitrogen and oxygen atoms in total. The molecule has 3 N–H and O–H groups in total. The standard InChI is InChI=1S/C30H31N3O7.C13H10O/c1-20(2)29(37)39-16-7-6-15-31-30(38)40-17-14-21-10-12-23(13-11-21)32-33-25-18-24(26(34)19-27(25)35)28(36)22-8-4-3-5-9-22;14-13(11-7-3-1-4-8-11)12-9-5-2-6-10-12/h3-5,8-13,18-19,34-35H,1,6-7,14-17H2,2H3,(H,31,38);1-10H. The number of alkyl carbamates (subject to hydrolysis) is 1. The minimum Gasteiger partial charge on any atom is -0.507 e. The van der Waals surface area contributed by atoms with Gasteiger partial charge in [-0.25, -0.2) is 9.59 Å². The van der Waals surface area contributed by atoms with Crippen LogP contribution in [-0.2, 0) is 20.7 Å². The third kappa shape index (κ3) is 12.7. The Balaban J connectivity index is 0.000000385. The quantitative estimate of drug-likeness (QED) is 0.0317. The molecule has 0 aliphatic heterocycles. The fraction of sp³-hybridized carbons (Fsp3) is 0.163. The number of nitrogens with zero attached hydrogens (tertiary/aromatic N) is 2. The van der Waals surface area contributed by atoms with Crippen molar-refractivity contribution in [3.8, 4) is 11.5 Å². The lowest BCUT2D eigenvalue weighted by atomic mass is 10.0. The number of phenolic OH excluding ortho intramolecular Hbond substituents is 2. The number of aromatic hydroxyl groups is 2. The normalized spacial score (nSPS) is 10.5. The van der Waals surface area contributed by atoms with Crippen molar-refractivity contribution in [2.45, 2.75) is 26.2 Å². The maximum Gasteiger partial charge on any atom is 0.407 e. The second kappa shape index (κ2) is 20.8. The summed E-state index contributed by atoms with van der Waals surface area (Å²) in [6, 6.07) is 36.5. The van der Waals surface area contributed by atoms with Crippen LogP contribution < -0.4 is 5.32 Å². The molecular weight excluding hydrogens is 686 g/mol. The van der Waals surface area contributed by atoms with Gasteiger partial charge in [-0.1, -0.05) is 110 Å². The largest absolute Gasteiger partial charge is 0.507 e. The Hall–Kier alpha value is -6.88. The van der Waals surface area contributed by atoms with Crippen molar-refractivity contribution in [2.24, 2.45) is 10.2 Å². The van der Waals surface area contributed by atoms with Crippen molar-refractivity contribution < 1.29 is 38.9 Å². The molecule has 1 amide bonds. The fourth-order valence-corrected chi connectivity index (χ4v) is 4.78. The summed E-state index contributed by atoms with van der Waals surface area (Å²) in [7, 11) is 0. The first-order valence-corrected chi connectivity index (χ1v) is 17.2. The monoisotopic (exact) mass is 727 g/mol. The summed E-state index contributed by atoms with van der Waals surface area (Å²) in [5.41, 5.74) is 3.66. The zero-order valence-corrected chi connectivity index (χ0v) is 29.8. The summed E-state index contributed by atoms with van der Waals surface area (Å²) in [5.74, 6) is -1.43. The van der Waals surface area contributed by atoms with Crippen molar-refractivity contribution >= 4 is 35.0 Å². The van der Waals surface area contributed by atoms with Crippen LogP contribution in [0.4, 0.5) is 16.2 Å². The lowest BCUT2D eigenvalue weighted by Gasteiger charge is -2.08. The molecule has 0 heterocycles. The van der Waals surface area contributed by atoms with Crippen LogP contribution in [0.5, 0.6) is 11.5 Å². The van der Waals surface area contributed by atoms with Crippen LogP contribution in [0.3, 0.4) is 0 Å². The lowest BCUT2D eigenvalue weighted by molar-refractivity contribution is -0.139. The van der Waals surface area contributed by atoms with E-state index in [1.807, 2.05) is 72.8 Å². The van der Waals surface area contributed by atoms with E-state index in [2.05, 4.69) is 22.1 Å². The molecule has 0 saturated heterocycles. The number of benzene rings is 5. The van der Waals surface area contributed by atoms with Gasteiger partial charge < -0.3 is 25.0 Å². The van der Waals surface area contributed by atoms with E-state index in [4.69, 9.17) is 9.47 Å². The van der Waals surface area contributed by atoms with E-state index in [-0.39, 0.29) is 41.7 Å². The Kier molecular flexibility index (Phi) is 15.4. The number of azo groups is 1. The van der Waals surface area contributed by atoms with E-state index in [0.29, 0.717) is 42.6 Å². The Labute approximate surface area is 313 Å². The zero-order valence-electron chi connectivity index (χ0n) is 29.8. The van der Waals surface area contributed by atoms with Crippen LogP contribution in [0, 0.1) is 0 Å². The van der Waals surface area contributed by atoms with Crippen LogP contribution in [0.2, 0.25) is 0 Å². The number of hydrogen-bond donors (Lipinski definition) is 3. The number of rotatable bonds is 15. The highest BCUT2D eigenvalue weighted by atomic mass is 16.5. The average Bonchev–Trinajstić information content (AvgIpc) is 3.20. The maximum absolute atomic E-state index is 12.7. The van der Waals surface area contributed by atoms with Crippen molar-refractivity contribution in [3.05, 3.63) is 167 Å². The summed E-state index contributed by atoms with van der Waals surface area (Å²) in [4.78, 5) is 47.7. The number of phenols is 2. The number of ether oxygens (including phenoxy) is 2. The third-order valence-corrected chi connectivity index (χ3v) is 7.70. The van der Waals surface area contributed by atoms with E-state index >= 15 is 0 Å². The van der Waals surface area contributed by atoms with Crippen LogP contribution in [0.15, 0.2) is 150 Å². The molecule has 0 atom stereocenters. The summed E-state index contributed by atoms with van der Waals surface area (Å²) < 4.78 is 10.2. The van der Waals surface area contributed by atoms with Gasteiger partial charge in [0.1, 0.15) is 17.2 Å². The number of unbranched alkanes of at least 4 members (excludes halogenated alkanes) is 1. The summed E-state index contributed by atoms with van der Waals surface area (Å²) in [6.07, 6.45) is 1.22. The van der Waals surface area contributed by atoms with Crippen LogP contribution in [-0.4, -0.2) is 53.6 Å². The SMILES string of the molecule is C=C(C)C(=O)OCCCCNC(=O)OCCc1ccc(N=Nc2cc(C(=O)c3ccccc3)c(O)cc2O)cc1.O=C(c1ccccc1)c1ccccc1. The number of carbonyl (C=O) groups is 4.